The molecule has 0 aliphatic heterocycles. The summed E-state index contributed by atoms with van der Waals surface area (Å²) in [6, 6.07) is 6.18. The zero-order valence-electron chi connectivity index (χ0n) is 12.8. The van der Waals surface area contributed by atoms with Crippen molar-refractivity contribution in [2.45, 2.75) is 41.0 Å². The molecule has 106 valence electrons. The van der Waals surface area contributed by atoms with Crippen molar-refractivity contribution in [2.24, 2.45) is 5.41 Å². The molecule has 0 saturated carbocycles. The van der Waals surface area contributed by atoms with Gasteiger partial charge in [0.05, 0.1) is 6.61 Å². The molecule has 1 aromatic carbocycles. The van der Waals surface area contributed by atoms with Gasteiger partial charge in [0.15, 0.2) is 0 Å². The van der Waals surface area contributed by atoms with Gasteiger partial charge in [-0.3, -0.25) is 0 Å². The minimum Gasteiger partial charge on any atom is -0.493 e. The van der Waals surface area contributed by atoms with Crippen LogP contribution in [0.1, 0.15) is 44.4 Å². The Morgan fingerprint density at radius 1 is 1.32 bits per heavy atom. The van der Waals surface area contributed by atoms with Crippen LogP contribution < -0.4 is 0 Å². The highest BCUT2D eigenvalue weighted by molar-refractivity contribution is 5.64. The van der Waals surface area contributed by atoms with E-state index >= 15 is 0 Å². The number of rotatable bonds is 5. The zero-order chi connectivity index (χ0) is 14.5. The topological polar surface area (TPSA) is 29.5 Å². The summed E-state index contributed by atoms with van der Waals surface area (Å²) in [6.45, 7) is 11.4. The Bertz CT molecular complexity index is 439. The van der Waals surface area contributed by atoms with E-state index in [1.807, 2.05) is 19.1 Å². The predicted octanol–water partition coefficient (Wildman–Crippen LogP) is 3.95. The van der Waals surface area contributed by atoms with E-state index in [4.69, 9.17) is 4.74 Å². The van der Waals surface area contributed by atoms with Gasteiger partial charge in [0, 0.05) is 12.2 Å². The largest absolute Gasteiger partial charge is 0.493 e. The van der Waals surface area contributed by atoms with Gasteiger partial charge in [0.1, 0.15) is 5.76 Å². The van der Waals surface area contributed by atoms with Gasteiger partial charge in [0.25, 0.3) is 0 Å². The van der Waals surface area contributed by atoms with Gasteiger partial charge >= 0.3 is 0 Å². The van der Waals surface area contributed by atoms with Crippen molar-refractivity contribution in [1.82, 2.24) is 0 Å². The minimum absolute atomic E-state index is 0.134. The lowest BCUT2D eigenvalue weighted by Crippen LogP contribution is -2.14. The molecule has 0 bridgehead atoms. The average molecular weight is 262 g/mol. The van der Waals surface area contributed by atoms with Crippen LogP contribution in [-0.4, -0.2) is 18.3 Å². The third-order valence-corrected chi connectivity index (χ3v) is 2.96. The molecular weight excluding hydrogens is 236 g/mol. The van der Waals surface area contributed by atoms with Gasteiger partial charge in [-0.1, -0.05) is 39.0 Å². The summed E-state index contributed by atoms with van der Waals surface area (Å²) in [5.74, 6) is 0.905. The smallest absolute Gasteiger partial charge is 0.122 e. The fraction of sp³-hybridized carbons (Fsp3) is 0.529. The molecule has 0 amide bonds. The number of aliphatic hydroxyl groups is 1. The van der Waals surface area contributed by atoms with Crippen LogP contribution in [0.3, 0.4) is 0 Å². The van der Waals surface area contributed by atoms with Crippen molar-refractivity contribution < 1.29 is 9.84 Å². The second kappa shape index (κ2) is 6.76. The van der Waals surface area contributed by atoms with E-state index in [0.29, 0.717) is 13.0 Å². The first-order valence-electron chi connectivity index (χ1n) is 6.88. The van der Waals surface area contributed by atoms with Crippen molar-refractivity contribution >= 4 is 5.76 Å². The molecule has 19 heavy (non-hydrogen) atoms. The van der Waals surface area contributed by atoms with Crippen LogP contribution in [0.4, 0.5) is 0 Å². The maximum Gasteiger partial charge on any atom is 0.122 e. The standard InChI is InChI=1S/C17H26O2/c1-6-16(19-12-17(3,4)5)15-9-7-8-13(2)14(15)10-11-18/h6-9,18H,10-12H2,1-5H3. The second-order valence-corrected chi connectivity index (χ2v) is 6.08. The number of ether oxygens (including phenoxy) is 1. The number of allylic oxidation sites excluding steroid dienone is 1. The Morgan fingerprint density at radius 2 is 2.00 bits per heavy atom. The second-order valence-electron chi connectivity index (χ2n) is 6.08. The van der Waals surface area contributed by atoms with Crippen LogP contribution in [0.15, 0.2) is 24.3 Å². The van der Waals surface area contributed by atoms with Gasteiger partial charge in [-0.15, -0.1) is 0 Å². The molecule has 0 aromatic heterocycles. The average Bonchev–Trinajstić information content (AvgIpc) is 2.32. The van der Waals surface area contributed by atoms with E-state index in [2.05, 4.69) is 39.8 Å². The molecule has 1 aromatic rings. The summed E-state index contributed by atoms with van der Waals surface area (Å²) in [4.78, 5) is 0. The molecule has 0 atom stereocenters. The fourth-order valence-corrected chi connectivity index (χ4v) is 1.99. The number of benzene rings is 1. The molecule has 0 radical (unpaired) electrons. The molecule has 0 saturated heterocycles. The number of hydrogen-bond acceptors (Lipinski definition) is 2. The highest BCUT2D eigenvalue weighted by Gasteiger charge is 2.15. The molecule has 0 heterocycles. The van der Waals surface area contributed by atoms with Gasteiger partial charge in [-0.05, 0) is 42.9 Å². The monoisotopic (exact) mass is 262 g/mol. The molecule has 2 heteroatoms. The summed E-state index contributed by atoms with van der Waals surface area (Å²) >= 11 is 0. The van der Waals surface area contributed by atoms with Gasteiger partial charge < -0.3 is 9.84 Å². The highest BCUT2D eigenvalue weighted by Crippen LogP contribution is 2.26. The number of hydrogen-bond donors (Lipinski definition) is 1. The first kappa shape index (κ1) is 15.8. The molecule has 1 N–H and O–H groups in total. The Hall–Kier alpha value is -1.28. The third-order valence-electron chi connectivity index (χ3n) is 2.96. The Balaban J connectivity index is 3.02. The van der Waals surface area contributed by atoms with Crippen molar-refractivity contribution in [3.63, 3.8) is 0 Å². The lowest BCUT2D eigenvalue weighted by molar-refractivity contribution is 0.169. The maximum absolute atomic E-state index is 9.22. The summed E-state index contributed by atoms with van der Waals surface area (Å²) in [6.07, 6.45) is 2.67. The summed E-state index contributed by atoms with van der Waals surface area (Å²) in [5.41, 5.74) is 3.60. The fourth-order valence-electron chi connectivity index (χ4n) is 1.99. The van der Waals surface area contributed by atoms with Crippen LogP contribution in [0.25, 0.3) is 5.76 Å². The highest BCUT2D eigenvalue weighted by atomic mass is 16.5. The molecule has 0 unspecified atom stereocenters. The lowest BCUT2D eigenvalue weighted by Gasteiger charge is -2.22. The normalized spacial score (nSPS) is 12.6. The van der Waals surface area contributed by atoms with E-state index in [1.54, 1.807) is 0 Å². The molecule has 2 nitrogen and oxygen atoms in total. The SMILES string of the molecule is CC=C(OCC(C)(C)C)c1cccc(C)c1CCO. The van der Waals surface area contributed by atoms with Gasteiger partial charge in [-0.2, -0.15) is 0 Å². The number of aliphatic hydroxyl groups excluding tert-OH is 1. The zero-order valence-corrected chi connectivity index (χ0v) is 12.8. The van der Waals surface area contributed by atoms with Gasteiger partial charge in [0.2, 0.25) is 0 Å². The number of aryl methyl sites for hydroxylation is 1. The van der Waals surface area contributed by atoms with E-state index in [0.717, 1.165) is 11.3 Å². The van der Waals surface area contributed by atoms with Crippen LogP contribution in [0.2, 0.25) is 0 Å². The minimum atomic E-state index is 0.134. The van der Waals surface area contributed by atoms with Crippen LogP contribution in [0, 0.1) is 12.3 Å². The van der Waals surface area contributed by atoms with E-state index in [-0.39, 0.29) is 12.0 Å². The summed E-state index contributed by atoms with van der Waals surface area (Å²) in [7, 11) is 0. The van der Waals surface area contributed by atoms with Crippen molar-refractivity contribution in [3.8, 4) is 0 Å². The summed E-state index contributed by atoms with van der Waals surface area (Å²) in [5, 5.41) is 9.22. The maximum atomic E-state index is 9.22. The quantitative estimate of drug-likeness (QED) is 0.814. The molecule has 1 rings (SSSR count). The first-order valence-corrected chi connectivity index (χ1v) is 6.88. The first-order chi connectivity index (χ1) is 8.89. The van der Waals surface area contributed by atoms with Crippen molar-refractivity contribution in [1.29, 1.82) is 0 Å². The predicted molar refractivity (Wildman–Crippen MR) is 81.0 cm³/mol. The molecular formula is C17H26O2. The van der Waals surface area contributed by atoms with Crippen LogP contribution >= 0.6 is 0 Å². The Labute approximate surface area is 117 Å². The molecule has 0 spiro atoms. The summed E-state index contributed by atoms with van der Waals surface area (Å²) < 4.78 is 5.96. The van der Waals surface area contributed by atoms with Crippen molar-refractivity contribution in [3.05, 3.63) is 41.0 Å². The molecule has 0 aliphatic carbocycles. The Morgan fingerprint density at radius 3 is 2.53 bits per heavy atom. The van der Waals surface area contributed by atoms with Crippen LogP contribution in [-0.2, 0) is 11.2 Å². The van der Waals surface area contributed by atoms with E-state index < -0.39 is 0 Å². The van der Waals surface area contributed by atoms with E-state index in [9.17, 15) is 5.11 Å². The Kier molecular flexibility index (Phi) is 5.61. The lowest BCUT2D eigenvalue weighted by atomic mass is 9.96. The van der Waals surface area contributed by atoms with Crippen LogP contribution in [0.5, 0.6) is 0 Å². The van der Waals surface area contributed by atoms with Gasteiger partial charge in [-0.25, -0.2) is 0 Å². The van der Waals surface area contributed by atoms with E-state index in [1.165, 1.54) is 11.1 Å². The van der Waals surface area contributed by atoms with Crippen molar-refractivity contribution in [2.75, 3.05) is 13.2 Å². The molecule has 0 fully saturated rings. The molecule has 0 aliphatic rings. The third kappa shape index (κ3) is 4.71.